The molecule has 0 spiro atoms. The Kier molecular flexibility index (Phi) is 10.1. The van der Waals surface area contributed by atoms with Crippen molar-refractivity contribution in [2.24, 2.45) is 0 Å². The molecule has 72 valence electrons. The number of hydrogen-bond acceptors (Lipinski definition) is 0. The molecular weight excluding hydrogens is 156 g/mol. The Morgan fingerprint density at radius 1 is 0.692 bits per heavy atom. The van der Waals surface area contributed by atoms with Crippen LogP contribution in [-0.4, -0.2) is 0 Å². The van der Waals surface area contributed by atoms with Crippen LogP contribution < -0.4 is 0 Å². The zero-order valence-electron chi connectivity index (χ0n) is 8.74. The third-order valence-electron chi connectivity index (χ3n) is 1.52. The molecule has 0 heterocycles. The quantitative estimate of drug-likeness (QED) is 0.525. The fraction of sp³-hybridized carbons (Fsp3) is 0.385. The van der Waals surface area contributed by atoms with Gasteiger partial charge in [-0.15, -0.1) is 0 Å². The van der Waals surface area contributed by atoms with E-state index in [1.165, 1.54) is 12.8 Å². The van der Waals surface area contributed by atoms with Gasteiger partial charge in [0.15, 0.2) is 0 Å². The van der Waals surface area contributed by atoms with Crippen LogP contribution in [-0.2, 0) is 0 Å². The van der Waals surface area contributed by atoms with Gasteiger partial charge in [-0.05, 0) is 12.8 Å². The zero-order valence-corrected chi connectivity index (χ0v) is 8.74. The van der Waals surface area contributed by atoms with Crippen LogP contribution in [0.4, 0.5) is 0 Å². The highest BCUT2D eigenvalue weighted by Crippen LogP contribution is 1.89. The van der Waals surface area contributed by atoms with Crippen molar-refractivity contribution in [1.82, 2.24) is 0 Å². The van der Waals surface area contributed by atoms with Gasteiger partial charge in [0.2, 0.25) is 0 Å². The molecule has 0 heteroatoms. The molecule has 0 saturated carbocycles. The van der Waals surface area contributed by atoms with Gasteiger partial charge in [-0.1, -0.05) is 68.9 Å². The summed E-state index contributed by atoms with van der Waals surface area (Å²) < 4.78 is 0. The lowest BCUT2D eigenvalue weighted by molar-refractivity contribution is 0.959. The molecule has 13 heavy (non-hydrogen) atoms. The molecular formula is C13H20. The molecule has 0 atom stereocenters. The summed E-state index contributed by atoms with van der Waals surface area (Å²) in [6.45, 7) is 4.32. The van der Waals surface area contributed by atoms with Gasteiger partial charge in [-0.2, -0.15) is 0 Å². The summed E-state index contributed by atoms with van der Waals surface area (Å²) in [6.07, 6.45) is 20.2. The SMILES string of the molecule is CC/C=C/C=C\C=C/C=C/CCC. The number of allylic oxidation sites excluding steroid dienone is 8. The molecule has 0 aromatic carbocycles. The lowest BCUT2D eigenvalue weighted by Crippen LogP contribution is -1.58. The van der Waals surface area contributed by atoms with Crippen LogP contribution in [0.15, 0.2) is 48.6 Å². The van der Waals surface area contributed by atoms with E-state index in [-0.39, 0.29) is 0 Å². The molecule has 0 saturated heterocycles. The molecule has 0 aliphatic rings. The molecule has 0 unspecified atom stereocenters. The molecule has 0 nitrogen and oxygen atoms in total. The monoisotopic (exact) mass is 176 g/mol. The fourth-order valence-electron chi connectivity index (χ4n) is 0.813. The summed E-state index contributed by atoms with van der Waals surface area (Å²) >= 11 is 0. The molecule has 0 aromatic heterocycles. The van der Waals surface area contributed by atoms with Gasteiger partial charge in [0, 0.05) is 0 Å². The summed E-state index contributed by atoms with van der Waals surface area (Å²) in [5, 5.41) is 0. The van der Waals surface area contributed by atoms with Gasteiger partial charge in [-0.3, -0.25) is 0 Å². The maximum absolute atomic E-state index is 2.19. The minimum absolute atomic E-state index is 1.10. The normalized spacial score (nSPS) is 13.1. The fourth-order valence-corrected chi connectivity index (χ4v) is 0.813. The van der Waals surface area contributed by atoms with Crippen molar-refractivity contribution in [3.05, 3.63) is 48.6 Å². The molecule has 0 rings (SSSR count). The average molecular weight is 176 g/mol. The van der Waals surface area contributed by atoms with E-state index in [0.717, 1.165) is 6.42 Å². The molecule has 0 aliphatic carbocycles. The van der Waals surface area contributed by atoms with E-state index in [1.54, 1.807) is 0 Å². The molecule has 0 aromatic rings. The van der Waals surface area contributed by atoms with Gasteiger partial charge >= 0.3 is 0 Å². The van der Waals surface area contributed by atoms with Crippen LogP contribution in [0.2, 0.25) is 0 Å². The van der Waals surface area contributed by atoms with Crippen molar-refractivity contribution in [2.75, 3.05) is 0 Å². The van der Waals surface area contributed by atoms with E-state index in [1.807, 2.05) is 18.2 Å². The number of hydrogen-bond donors (Lipinski definition) is 0. The summed E-state index contributed by atoms with van der Waals surface area (Å²) in [7, 11) is 0. The van der Waals surface area contributed by atoms with Crippen molar-refractivity contribution in [1.29, 1.82) is 0 Å². The lowest BCUT2D eigenvalue weighted by Gasteiger charge is -1.79. The van der Waals surface area contributed by atoms with Crippen LogP contribution in [0.25, 0.3) is 0 Å². The van der Waals surface area contributed by atoms with Gasteiger partial charge in [0.1, 0.15) is 0 Å². The largest absolute Gasteiger partial charge is 0.0848 e. The van der Waals surface area contributed by atoms with Gasteiger partial charge in [0.25, 0.3) is 0 Å². The zero-order chi connectivity index (χ0) is 9.78. The van der Waals surface area contributed by atoms with Crippen LogP contribution in [0, 0.1) is 0 Å². The maximum atomic E-state index is 2.19. The summed E-state index contributed by atoms with van der Waals surface area (Å²) in [5.74, 6) is 0. The minimum atomic E-state index is 1.10. The van der Waals surface area contributed by atoms with E-state index >= 15 is 0 Å². The van der Waals surface area contributed by atoms with Crippen molar-refractivity contribution in [3.63, 3.8) is 0 Å². The Bertz CT molecular complexity index is 192. The van der Waals surface area contributed by atoms with Crippen molar-refractivity contribution in [3.8, 4) is 0 Å². The highest BCUT2D eigenvalue weighted by atomic mass is 13.8. The van der Waals surface area contributed by atoms with Crippen molar-refractivity contribution < 1.29 is 0 Å². The Hall–Kier alpha value is -1.04. The van der Waals surface area contributed by atoms with Crippen LogP contribution in [0.3, 0.4) is 0 Å². The summed E-state index contributed by atoms with van der Waals surface area (Å²) in [6, 6.07) is 0. The van der Waals surface area contributed by atoms with Crippen molar-refractivity contribution in [2.45, 2.75) is 33.1 Å². The highest BCUT2D eigenvalue weighted by Gasteiger charge is 1.68. The molecule has 0 fully saturated rings. The maximum Gasteiger partial charge on any atom is -0.0350 e. The van der Waals surface area contributed by atoms with Crippen molar-refractivity contribution >= 4 is 0 Å². The second-order valence-electron chi connectivity index (χ2n) is 2.82. The van der Waals surface area contributed by atoms with Gasteiger partial charge in [0.05, 0.1) is 0 Å². The Morgan fingerprint density at radius 3 is 1.77 bits per heavy atom. The Balaban J connectivity index is 3.50. The summed E-state index contributed by atoms with van der Waals surface area (Å²) in [4.78, 5) is 0. The van der Waals surface area contributed by atoms with Crippen LogP contribution >= 0.6 is 0 Å². The van der Waals surface area contributed by atoms with E-state index in [2.05, 4.69) is 44.2 Å². The van der Waals surface area contributed by atoms with E-state index in [4.69, 9.17) is 0 Å². The first-order valence-corrected chi connectivity index (χ1v) is 5.06. The van der Waals surface area contributed by atoms with Gasteiger partial charge in [-0.25, -0.2) is 0 Å². The second-order valence-corrected chi connectivity index (χ2v) is 2.82. The van der Waals surface area contributed by atoms with Gasteiger partial charge < -0.3 is 0 Å². The highest BCUT2D eigenvalue weighted by molar-refractivity contribution is 5.15. The minimum Gasteiger partial charge on any atom is -0.0848 e. The second kappa shape index (κ2) is 11.0. The number of rotatable bonds is 6. The van der Waals surface area contributed by atoms with E-state index < -0.39 is 0 Å². The predicted octanol–water partition coefficient (Wildman–Crippen LogP) is 4.42. The molecule has 0 radical (unpaired) electrons. The lowest BCUT2D eigenvalue weighted by atomic mass is 10.3. The standard InChI is InChI=1S/C13H20/c1-3-5-7-9-11-13-12-10-8-6-4-2/h5,7-13H,3-4,6H2,1-2H3/b7-5+,10-8+,11-9-,13-12-. The molecule has 0 aliphatic heterocycles. The first-order chi connectivity index (χ1) is 6.41. The first-order valence-electron chi connectivity index (χ1n) is 5.06. The molecule has 0 amide bonds. The first kappa shape index (κ1) is 12.0. The van der Waals surface area contributed by atoms with E-state index in [9.17, 15) is 0 Å². The number of unbranched alkanes of at least 4 members (excludes halogenated alkanes) is 1. The third kappa shape index (κ3) is 11.0. The Morgan fingerprint density at radius 2 is 1.23 bits per heavy atom. The topological polar surface area (TPSA) is 0 Å². The molecule has 0 bridgehead atoms. The van der Waals surface area contributed by atoms with Crippen LogP contribution in [0.1, 0.15) is 33.1 Å². The summed E-state index contributed by atoms with van der Waals surface area (Å²) in [5.41, 5.74) is 0. The van der Waals surface area contributed by atoms with Crippen LogP contribution in [0.5, 0.6) is 0 Å². The third-order valence-corrected chi connectivity index (χ3v) is 1.52. The predicted molar refractivity (Wildman–Crippen MR) is 61.8 cm³/mol. The Labute approximate surface area is 82.4 Å². The molecule has 0 N–H and O–H groups in total. The average Bonchev–Trinajstić information content (AvgIpc) is 2.16. The van der Waals surface area contributed by atoms with E-state index in [0.29, 0.717) is 0 Å². The smallest absolute Gasteiger partial charge is 0.0350 e.